The number of rotatable bonds is 3. The quantitative estimate of drug-likeness (QED) is 0.801. The Balaban J connectivity index is 2.02. The SMILES string of the molecule is O=C(O)c1ccc(OC2CCCC2O)cn1. The van der Waals surface area contributed by atoms with Crippen LogP contribution in [-0.4, -0.2) is 33.4 Å². The van der Waals surface area contributed by atoms with Crippen LogP contribution < -0.4 is 4.74 Å². The molecule has 1 aliphatic rings. The maximum Gasteiger partial charge on any atom is 0.354 e. The number of hydrogen-bond acceptors (Lipinski definition) is 4. The Kier molecular flexibility index (Phi) is 3.05. The van der Waals surface area contributed by atoms with Crippen molar-refractivity contribution in [2.75, 3.05) is 0 Å². The van der Waals surface area contributed by atoms with Gasteiger partial charge < -0.3 is 14.9 Å². The summed E-state index contributed by atoms with van der Waals surface area (Å²) in [6.45, 7) is 0. The van der Waals surface area contributed by atoms with Crippen LogP contribution in [0.3, 0.4) is 0 Å². The number of aliphatic hydroxyl groups excluding tert-OH is 1. The molecule has 16 heavy (non-hydrogen) atoms. The average molecular weight is 223 g/mol. The van der Waals surface area contributed by atoms with Crippen LogP contribution in [-0.2, 0) is 0 Å². The zero-order valence-electron chi connectivity index (χ0n) is 8.67. The number of aromatic nitrogens is 1. The Labute approximate surface area is 92.7 Å². The Morgan fingerprint density at radius 3 is 2.75 bits per heavy atom. The lowest BCUT2D eigenvalue weighted by Gasteiger charge is -2.16. The van der Waals surface area contributed by atoms with Crippen LogP contribution in [0.25, 0.3) is 0 Å². The van der Waals surface area contributed by atoms with E-state index in [4.69, 9.17) is 9.84 Å². The molecule has 2 rings (SSSR count). The van der Waals surface area contributed by atoms with Crippen molar-refractivity contribution >= 4 is 5.97 Å². The zero-order valence-corrected chi connectivity index (χ0v) is 8.67. The van der Waals surface area contributed by atoms with Gasteiger partial charge in [0.2, 0.25) is 0 Å². The molecule has 0 amide bonds. The van der Waals surface area contributed by atoms with Crippen LogP contribution in [0.15, 0.2) is 18.3 Å². The monoisotopic (exact) mass is 223 g/mol. The number of carboxylic acids is 1. The molecule has 1 aromatic heterocycles. The third kappa shape index (κ3) is 2.30. The van der Waals surface area contributed by atoms with Gasteiger partial charge in [0.05, 0.1) is 12.3 Å². The van der Waals surface area contributed by atoms with Crippen LogP contribution in [0, 0.1) is 0 Å². The Morgan fingerprint density at radius 2 is 2.25 bits per heavy atom. The summed E-state index contributed by atoms with van der Waals surface area (Å²) in [5, 5.41) is 18.2. The van der Waals surface area contributed by atoms with E-state index < -0.39 is 12.1 Å². The highest BCUT2D eigenvalue weighted by molar-refractivity contribution is 5.85. The fourth-order valence-electron chi connectivity index (χ4n) is 1.80. The number of aromatic carboxylic acids is 1. The fraction of sp³-hybridized carbons (Fsp3) is 0.455. The van der Waals surface area contributed by atoms with Crippen molar-refractivity contribution in [1.82, 2.24) is 4.98 Å². The molecule has 1 saturated carbocycles. The second kappa shape index (κ2) is 4.49. The van der Waals surface area contributed by atoms with Gasteiger partial charge in [0.15, 0.2) is 0 Å². The summed E-state index contributed by atoms with van der Waals surface area (Å²) < 4.78 is 5.52. The van der Waals surface area contributed by atoms with E-state index in [1.54, 1.807) is 6.07 Å². The number of carboxylic acid groups (broad SMARTS) is 1. The Bertz CT molecular complexity index is 376. The molecule has 2 atom stereocenters. The molecule has 0 aliphatic heterocycles. The molecule has 2 unspecified atom stereocenters. The molecule has 2 N–H and O–H groups in total. The van der Waals surface area contributed by atoms with Crippen LogP contribution in [0.2, 0.25) is 0 Å². The van der Waals surface area contributed by atoms with Gasteiger partial charge in [0, 0.05) is 0 Å². The lowest BCUT2D eigenvalue weighted by molar-refractivity contribution is 0.0599. The topological polar surface area (TPSA) is 79.7 Å². The molecule has 1 aromatic rings. The summed E-state index contributed by atoms with van der Waals surface area (Å²) in [5.74, 6) is -0.566. The number of hydrogen-bond donors (Lipinski definition) is 2. The van der Waals surface area contributed by atoms with Gasteiger partial charge in [0.25, 0.3) is 0 Å². The first-order chi connectivity index (χ1) is 7.66. The second-order valence-electron chi connectivity index (χ2n) is 3.84. The molecule has 1 aliphatic carbocycles. The first-order valence-corrected chi connectivity index (χ1v) is 5.21. The van der Waals surface area contributed by atoms with E-state index in [0.717, 1.165) is 19.3 Å². The molecule has 0 radical (unpaired) electrons. The van der Waals surface area contributed by atoms with Crippen molar-refractivity contribution in [2.24, 2.45) is 0 Å². The van der Waals surface area contributed by atoms with E-state index in [0.29, 0.717) is 5.75 Å². The van der Waals surface area contributed by atoms with Crippen molar-refractivity contribution in [3.8, 4) is 5.75 Å². The standard InChI is InChI=1S/C11H13NO4/c13-9-2-1-3-10(9)16-7-4-5-8(11(14)15)12-6-7/h4-6,9-10,13H,1-3H2,(H,14,15). The Hall–Kier alpha value is -1.62. The molecule has 0 aromatic carbocycles. The summed E-state index contributed by atoms with van der Waals surface area (Å²) in [6.07, 6.45) is 3.27. The van der Waals surface area contributed by atoms with Crippen LogP contribution in [0.5, 0.6) is 5.75 Å². The second-order valence-corrected chi connectivity index (χ2v) is 3.84. The molecule has 86 valence electrons. The third-order valence-corrected chi connectivity index (χ3v) is 2.66. The summed E-state index contributed by atoms with van der Waals surface area (Å²) in [5.41, 5.74) is -0.0145. The number of carbonyl (C=O) groups is 1. The first-order valence-electron chi connectivity index (χ1n) is 5.21. The molecule has 0 bridgehead atoms. The van der Waals surface area contributed by atoms with Gasteiger partial charge >= 0.3 is 5.97 Å². The lowest BCUT2D eigenvalue weighted by atomic mass is 10.2. The molecule has 0 saturated heterocycles. The fourth-order valence-corrected chi connectivity index (χ4v) is 1.80. The molecule has 0 spiro atoms. The van der Waals surface area contributed by atoms with Crippen LogP contribution in [0.4, 0.5) is 0 Å². The highest BCUT2D eigenvalue weighted by Gasteiger charge is 2.26. The van der Waals surface area contributed by atoms with E-state index in [-0.39, 0.29) is 11.8 Å². The highest BCUT2D eigenvalue weighted by atomic mass is 16.5. The van der Waals surface area contributed by atoms with Crippen LogP contribution >= 0.6 is 0 Å². The summed E-state index contributed by atoms with van der Waals surface area (Å²) in [7, 11) is 0. The molecular weight excluding hydrogens is 210 g/mol. The largest absolute Gasteiger partial charge is 0.486 e. The molecule has 5 heteroatoms. The van der Waals surface area contributed by atoms with E-state index in [1.165, 1.54) is 12.3 Å². The molecular formula is C11H13NO4. The van der Waals surface area contributed by atoms with Gasteiger partial charge in [-0.2, -0.15) is 0 Å². The number of nitrogens with zero attached hydrogens (tertiary/aromatic N) is 1. The summed E-state index contributed by atoms with van der Waals surface area (Å²) in [6, 6.07) is 2.94. The van der Waals surface area contributed by atoms with Gasteiger partial charge in [-0.3, -0.25) is 0 Å². The average Bonchev–Trinajstić information content (AvgIpc) is 2.65. The van der Waals surface area contributed by atoms with E-state index in [1.807, 2.05) is 0 Å². The van der Waals surface area contributed by atoms with Gasteiger partial charge in [-0.05, 0) is 31.4 Å². The minimum Gasteiger partial charge on any atom is -0.486 e. The van der Waals surface area contributed by atoms with E-state index in [9.17, 15) is 9.90 Å². The first kappa shape index (κ1) is 10.9. The van der Waals surface area contributed by atoms with Crippen molar-refractivity contribution < 1.29 is 19.7 Å². The van der Waals surface area contributed by atoms with Gasteiger partial charge in [-0.15, -0.1) is 0 Å². The maximum absolute atomic E-state index is 10.6. The predicted octanol–water partition coefficient (Wildman–Crippen LogP) is 1.07. The van der Waals surface area contributed by atoms with Crippen molar-refractivity contribution in [1.29, 1.82) is 0 Å². The van der Waals surface area contributed by atoms with Gasteiger partial charge in [-0.25, -0.2) is 9.78 Å². The Morgan fingerprint density at radius 1 is 1.44 bits per heavy atom. The minimum atomic E-state index is -1.06. The smallest absolute Gasteiger partial charge is 0.354 e. The normalized spacial score (nSPS) is 24.3. The maximum atomic E-state index is 10.6. The van der Waals surface area contributed by atoms with E-state index >= 15 is 0 Å². The third-order valence-electron chi connectivity index (χ3n) is 2.66. The van der Waals surface area contributed by atoms with Crippen molar-refractivity contribution in [3.05, 3.63) is 24.0 Å². The predicted molar refractivity (Wildman–Crippen MR) is 55.5 cm³/mol. The van der Waals surface area contributed by atoms with Crippen molar-refractivity contribution in [3.63, 3.8) is 0 Å². The molecule has 1 fully saturated rings. The number of aliphatic hydroxyl groups is 1. The summed E-state index contributed by atoms with van der Waals surface area (Å²) in [4.78, 5) is 14.3. The molecule has 5 nitrogen and oxygen atoms in total. The van der Waals surface area contributed by atoms with Gasteiger partial charge in [-0.1, -0.05) is 0 Å². The summed E-state index contributed by atoms with van der Waals surface area (Å²) >= 11 is 0. The van der Waals surface area contributed by atoms with Crippen LogP contribution in [0.1, 0.15) is 29.8 Å². The lowest BCUT2D eigenvalue weighted by Crippen LogP contribution is -2.25. The molecule has 1 heterocycles. The number of ether oxygens (including phenoxy) is 1. The number of pyridine rings is 1. The highest BCUT2D eigenvalue weighted by Crippen LogP contribution is 2.24. The van der Waals surface area contributed by atoms with Gasteiger partial charge in [0.1, 0.15) is 17.5 Å². The zero-order chi connectivity index (χ0) is 11.5. The van der Waals surface area contributed by atoms with E-state index in [2.05, 4.69) is 4.98 Å². The van der Waals surface area contributed by atoms with Crippen molar-refractivity contribution in [2.45, 2.75) is 31.5 Å². The minimum absolute atomic E-state index is 0.0145.